The van der Waals surface area contributed by atoms with Gasteiger partial charge in [0.1, 0.15) is 22.9 Å². The minimum Gasteiger partial charge on any atom is -0.383 e. The molecule has 1 N–H and O–H groups in total. The number of hydrogen-bond donors (Lipinski definition) is 1. The maximum Gasteiger partial charge on any atom is 0.306 e. The number of pyridine rings is 1. The van der Waals surface area contributed by atoms with Crippen molar-refractivity contribution in [3.05, 3.63) is 84.1 Å². The van der Waals surface area contributed by atoms with Crippen LogP contribution in [0.5, 0.6) is 5.75 Å². The van der Waals surface area contributed by atoms with E-state index >= 15 is 0 Å². The molecule has 2 aromatic carbocycles. The fourth-order valence-electron chi connectivity index (χ4n) is 3.17. The molecule has 0 spiro atoms. The van der Waals surface area contributed by atoms with Crippen LogP contribution in [0.15, 0.2) is 72.9 Å². The summed E-state index contributed by atoms with van der Waals surface area (Å²) < 4.78 is 30.0. The van der Waals surface area contributed by atoms with E-state index in [0.29, 0.717) is 6.54 Å². The first-order chi connectivity index (χ1) is 13.9. The maximum absolute atomic E-state index is 11.5. The van der Waals surface area contributed by atoms with E-state index in [4.69, 9.17) is 9.17 Å². The van der Waals surface area contributed by atoms with Gasteiger partial charge in [-0.3, -0.25) is 4.40 Å². The van der Waals surface area contributed by atoms with Crippen molar-refractivity contribution < 1.29 is 12.6 Å². The number of nitrogens with one attached hydrogen (secondary N) is 1. The molecule has 0 atom stereocenters. The predicted octanol–water partition coefficient (Wildman–Crippen LogP) is 4.26. The molecule has 4 rings (SSSR count). The van der Waals surface area contributed by atoms with E-state index in [0.717, 1.165) is 40.1 Å². The van der Waals surface area contributed by atoms with Gasteiger partial charge in [0.15, 0.2) is 0 Å². The van der Waals surface area contributed by atoms with Gasteiger partial charge in [0.25, 0.3) is 0 Å². The molecule has 148 valence electrons. The van der Waals surface area contributed by atoms with Gasteiger partial charge < -0.3 is 9.50 Å². The van der Waals surface area contributed by atoms with Gasteiger partial charge in [-0.1, -0.05) is 42.5 Å². The number of hydrogen-bond acceptors (Lipinski definition) is 5. The minimum absolute atomic E-state index is 0.257. The van der Waals surface area contributed by atoms with Gasteiger partial charge in [-0.15, -0.1) is 0 Å². The van der Waals surface area contributed by atoms with Crippen molar-refractivity contribution in [2.24, 2.45) is 0 Å². The van der Waals surface area contributed by atoms with Crippen LogP contribution in [0.2, 0.25) is 0 Å². The molecule has 2 heterocycles. The SMILES string of the molecule is Cc1ccn2c(NCc3ccccc3)c(-c3cccc(OS(C)(=O)=O)c3)nc2c1. The summed E-state index contributed by atoms with van der Waals surface area (Å²) in [7, 11) is -3.60. The molecule has 0 amide bonds. The molecule has 0 aliphatic carbocycles. The van der Waals surface area contributed by atoms with Crippen LogP contribution < -0.4 is 9.50 Å². The Morgan fingerprint density at radius 2 is 1.83 bits per heavy atom. The molecule has 2 aromatic heterocycles. The van der Waals surface area contributed by atoms with Crippen LogP contribution in [0.3, 0.4) is 0 Å². The van der Waals surface area contributed by atoms with Crippen molar-refractivity contribution in [1.29, 1.82) is 0 Å². The zero-order valence-electron chi connectivity index (χ0n) is 16.2. The molecule has 0 aliphatic rings. The number of nitrogens with zero attached hydrogens (tertiary/aromatic N) is 2. The highest BCUT2D eigenvalue weighted by Gasteiger charge is 2.15. The summed E-state index contributed by atoms with van der Waals surface area (Å²) in [6.45, 7) is 2.65. The molecule has 0 bridgehead atoms. The largest absolute Gasteiger partial charge is 0.383 e. The Bertz CT molecular complexity index is 1270. The van der Waals surface area contributed by atoms with Crippen molar-refractivity contribution in [3.8, 4) is 17.0 Å². The first-order valence-corrected chi connectivity index (χ1v) is 11.0. The van der Waals surface area contributed by atoms with Gasteiger partial charge in [-0.2, -0.15) is 8.42 Å². The second-order valence-electron chi connectivity index (χ2n) is 6.90. The molecule has 0 unspecified atom stereocenters. The Morgan fingerprint density at radius 1 is 1.03 bits per heavy atom. The lowest BCUT2D eigenvalue weighted by Crippen LogP contribution is -2.06. The van der Waals surface area contributed by atoms with Crippen LogP contribution in [0.1, 0.15) is 11.1 Å². The first kappa shape index (κ1) is 19.0. The van der Waals surface area contributed by atoms with Crippen molar-refractivity contribution in [2.45, 2.75) is 13.5 Å². The summed E-state index contributed by atoms with van der Waals surface area (Å²) in [4.78, 5) is 4.79. The van der Waals surface area contributed by atoms with Crippen LogP contribution in [0, 0.1) is 6.92 Å². The third-order valence-corrected chi connectivity index (χ3v) is 4.93. The van der Waals surface area contributed by atoms with Gasteiger partial charge in [-0.05, 0) is 42.3 Å². The summed E-state index contributed by atoms with van der Waals surface area (Å²) in [5.74, 6) is 1.09. The van der Waals surface area contributed by atoms with Crippen LogP contribution in [0.25, 0.3) is 16.9 Å². The monoisotopic (exact) mass is 407 g/mol. The lowest BCUT2D eigenvalue weighted by Gasteiger charge is -2.10. The quantitative estimate of drug-likeness (QED) is 0.484. The van der Waals surface area contributed by atoms with E-state index < -0.39 is 10.1 Å². The topological polar surface area (TPSA) is 72.7 Å². The Morgan fingerprint density at radius 3 is 2.59 bits per heavy atom. The Hall–Kier alpha value is -3.32. The molecule has 6 nitrogen and oxygen atoms in total. The average molecular weight is 407 g/mol. The summed E-state index contributed by atoms with van der Waals surface area (Å²) in [6.07, 6.45) is 3.01. The highest BCUT2D eigenvalue weighted by Crippen LogP contribution is 2.31. The number of rotatable bonds is 6. The van der Waals surface area contributed by atoms with E-state index in [2.05, 4.69) is 17.4 Å². The van der Waals surface area contributed by atoms with Crippen LogP contribution in [0.4, 0.5) is 5.82 Å². The van der Waals surface area contributed by atoms with E-state index in [1.807, 2.05) is 53.9 Å². The van der Waals surface area contributed by atoms with Crippen molar-refractivity contribution in [3.63, 3.8) is 0 Å². The minimum atomic E-state index is -3.60. The number of anilines is 1. The van der Waals surface area contributed by atoms with E-state index in [1.54, 1.807) is 18.2 Å². The fourth-order valence-corrected chi connectivity index (χ4v) is 3.62. The molecule has 4 aromatic rings. The van der Waals surface area contributed by atoms with E-state index in [1.165, 1.54) is 0 Å². The summed E-state index contributed by atoms with van der Waals surface area (Å²) in [6, 6.07) is 21.1. The molecular formula is C22H21N3O3S. The maximum atomic E-state index is 11.5. The zero-order valence-corrected chi connectivity index (χ0v) is 17.0. The van der Waals surface area contributed by atoms with Gasteiger partial charge in [0.05, 0.1) is 6.26 Å². The van der Waals surface area contributed by atoms with Gasteiger partial charge in [0.2, 0.25) is 0 Å². The van der Waals surface area contributed by atoms with Crippen LogP contribution >= 0.6 is 0 Å². The molecule has 0 saturated heterocycles. The number of fused-ring (bicyclic) bond motifs is 1. The van der Waals surface area contributed by atoms with Crippen LogP contribution in [-0.2, 0) is 16.7 Å². The normalized spacial score (nSPS) is 11.5. The van der Waals surface area contributed by atoms with Gasteiger partial charge in [0, 0.05) is 18.3 Å². The third-order valence-electron chi connectivity index (χ3n) is 4.44. The van der Waals surface area contributed by atoms with E-state index in [9.17, 15) is 8.42 Å². The Kier molecular flexibility index (Phi) is 4.98. The molecule has 0 radical (unpaired) electrons. The number of aryl methyl sites for hydroxylation is 1. The second kappa shape index (κ2) is 7.60. The van der Waals surface area contributed by atoms with Crippen molar-refractivity contribution in [2.75, 3.05) is 11.6 Å². The number of imidazole rings is 1. The lowest BCUT2D eigenvalue weighted by molar-refractivity contribution is 0.493. The summed E-state index contributed by atoms with van der Waals surface area (Å²) in [5, 5.41) is 3.48. The van der Waals surface area contributed by atoms with Crippen LogP contribution in [-0.4, -0.2) is 24.1 Å². The van der Waals surface area contributed by atoms with Crippen molar-refractivity contribution >= 4 is 21.6 Å². The first-order valence-electron chi connectivity index (χ1n) is 9.15. The molecular weight excluding hydrogens is 386 g/mol. The standard InChI is InChI=1S/C22H21N3O3S/c1-16-11-12-25-20(13-16)24-21(22(25)23-15-17-7-4-3-5-8-17)18-9-6-10-19(14-18)28-29(2,26)27/h3-14,23H,15H2,1-2H3. The highest BCUT2D eigenvalue weighted by molar-refractivity contribution is 7.86. The molecule has 0 fully saturated rings. The highest BCUT2D eigenvalue weighted by atomic mass is 32.2. The number of benzene rings is 2. The Balaban J connectivity index is 1.78. The number of aromatic nitrogens is 2. The molecule has 7 heteroatoms. The smallest absolute Gasteiger partial charge is 0.306 e. The summed E-state index contributed by atoms with van der Waals surface area (Å²) in [5.41, 5.74) is 4.56. The van der Waals surface area contributed by atoms with E-state index in [-0.39, 0.29) is 5.75 Å². The van der Waals surface area contributed by atoms with Gasteiger partial charge in [-0.25, -0.2) is 4.98 Å². The zero-order chi connectivity index (χ0) is 20.4. The lowest BCUT2D eigenvalue weighted by atomic mass is 10.1. The van der Waals surface area contributed by atoms with Gasteiger partial charge >= 0.3 is 10.1 Å². The molecule has 0 aliphatic heterocycles. The average Bonchev–Trinajstić information content (AvgIpc) is 3.03. The second-order valence-corrected chi connectivity index (χ2v) is 8.47. The third kappa shape index (κ3) is 4.41. The summed E-state index contributed by atoms with van der Waals surface area (Å²) >= 11 is 0. The fraction of sp³-hybridized carbons (Fsp3) is 0.136. The Labute approximate surface area is 169 Å². The molecule has 29 heavy (non-hydrogen) atoms. The van der Waals surface area contributed by atoms with Crippen molar-refractivity contribution in [1.82, 2.24) is 9.38 Å². The molecule has 0 saturated carbocycles. The predicted molar refractivity (Wildman–Crippen MR) is 115 cm³/mol.